The van der Waals surface area contributed by atoms with Crippen molar-refractivity contribution in [1.82, 2.24) is 4.98 Å². The van der Waals surface area contributed by atoms with Crippen LogP contribution >= 0.6 is 0 Å². The standard InChI is InChI=1S/C8H12BNO3/c1-3-13-7-5-10-4-6(2)8(7)9(11)12/h4-5,11-12H,3H2,1-2H3. The zero-order valence-corrected chi connectivity index (χ0v) is 7.69. The third-order valence-electron chi connectivity index (χ3n) is 1.71. The molecule has 0 aliphatic rings. The van der Waals surface area contributed by atoms with Crippen molar-refractivity contribution < 1.29 is 14.8 Å². The van der Waals surface area contributed by atoms with Crippen molar-refractivity contribution in [2.75, 3.05) is 6.61 Å². The van der Waals surface area contributed by atoms with Gasteiger partial charge in [0.1, 0.15) is 5.75 Å². The molecular formula is C8H12BNO3. The van der Waals surface area contributed by atoms with Gasteiger partial charge in [0.25, 0.3) is 0 Å². The molecule has 70 valence electrons. The average molecular weight is 181 g/mol. The predicted molar refractivity (Wildman–Crippen MR) is 50.0 cm³/mol. The third kappa shape index (κ3) is 2.20. The van der Waals surface area contributed by atoms with E-state index in [0.29, 0.717) is 23.4 Å². The molecule has 0 aliphatic carbocycles. The maximum Gasteiger partial charge on any atom is 0.492 e. The minimum Gasteiger partial charge on any atom is -0.493 e. The second-order valence-electron chi connectivity index (χ2n) is 2.67. The first-order valence-corrected chi connectivity index (χ1v) is 4.10. The summed E-state index contributed by atoms with van der Waals surface area (Å²) in [5.74, 6) is 0.428. The van der Waals surface area contributed by atoms with Gasteiger partial charge in [-0.05, 0) is 19.4 Å². The van der Waals surface area contributed by atoms with E-state index in [2.05, 4.69) is 4.98 Å². The summed E-state index contributed by atoms with van der Waals surface area (Å²) in [6, 6.07) is 0. The maximum atomic E-state index is 9.06. The van der Waals surface area contributed by atoms with Crippen molar-refractivity contribution in [3.8, 4) is 5.75 Å². The Bertz CT molecular complexity index is 291. The summed E-state index contributed by atoms with van der Waals surface area (Å²) in [5, 5.41) is 18.1. The van der Waals surface area contributed by atoms with E-state index < -0.39 is 7.12 Å². The van der Waals surface area contributed by atoms with E-state index in [4.69, 9.17) is 14.8 Å². The SMILES string of the molecule is CCOc1cncc(C)c1B(O)O. The van der Waals surface area contributed by atoms with Crippen LogP contribution in [0.25, 0.3) is 0 Å². The van der Waals surface area contributed by atoms with E-state index >= 15 is 0 Å². The fourth-order valence-corrected chi connectivity index (χ4v) is 1.15. The summed E-state index contributed by atoms with van der Waals surface area (Å²) in [7, 11) is -1.51. The Morgan fingerprint density at radius 3 is 2.69 bits per heavy atom. The number of ether oxygens (including phenoxy) is 1. The Morgan fingerprint density at radius 1 is 1.46 bits per heavy atom. The zero-order chi connectivity index (χ0) is 9.84. The van der Waals surface area contributed by atoms with Crippen LogP contribution in [0.4, 0.5) is 0 Å². The lowest BCUT2D eigenvalue weighted by molar-refractivity contribution is 0.338. The molecule has 0 saturated heterocycles. The molecule has 13 heavy (non-hydrogen) atoms. The third-order valence-corrected chi connectivity index (χ3v) is 1.71. The largest absolute Gasteiger partial charge is 0.493 e. The van der Waals surface area contributed by atoms with Crippen LogP contribution in [0, 0.1) is 6.92 Å². The summed E-state index contributed by atoms with van der Waals surface area (Å²) in [6.07, 6.45) is 3.04. The van der Waals surface area contributed by atoms with Crippen LogP contribution in [0.5, 0.6) is 5.75 Å². The predicted octanol–water partition coefficient (Wildman–Crippen LogP) is -0.531. The van der Waals surface area contributed by atoms with Crippen molar-refractivity contribution in [3.05, 3.63) is 18.0 Å². The molecule has 0 aliphatic heterocycles. The minimum atomic E-state index is -1.51. The van der Waals surface area contributed by atoms with Gasteiger partial charge in [-0.1, -0.05) is 0 Å². The molecule has 1 rings (SSSR count). The van der Waals surface area contributed by atoms with Gasteiger partial charge >= 0.3 is 7.12 Å². The molecule has 0 atom stereocenters. The van der Waals surface area contributed by atoms with E-state index in [0.717, 1.165) is 0 Å². The minimum absolute atomic E-state index is 0.386. The molecule has 0 radical (unpaired) electrons. The van der Waals surface area contributed by atoms with Gasteiger partial charge in [-0.15, -0.1) is 0 Å². The van der Waals surface area contributed by atoms with Crippen LogP contribution in [0.15, 0.2) is 12.4 Å². The molecule has 1 aromatic heterocycles. The van der Waals surface area contributed by atoms with Crippen molar-refractivity contribution in [1.29, 1.82) is 0 Å². The molecule has 0 aromatic carbocycles. The van der Waals surface area contributed by atoms with Gasteiger partial charge in [-0.2, -0.15) is 0 Å². The van der Waals surface area contributed by atoms with Gasteiger partial charge in [0.2, 0.25) is 0 Å². The van der Waals surface area contributed by atoms with E-state index in [1.54, 1.807) is 13.1 Å². The first kappa shape index (κ1) is 10.0. The fraction of sp³-hybridized carbons (Fsp3) is 0.375. The molecule has 1 aromatic rings. The maximum absolute atomic E-state index is 9.06. The van der Waals surface area contributed by atoms with Gasteiger partial charge in [0.05, 0.1) is 12.8 Å². The monoisotopic (exact) mass is 181 g/mol. The van der Waals surface area contributed by atoms with E-state index in [1.165, 1.54) is 6.20 Å². The molecule has 1 heterocycles. The smallest absolute Gasteiger partial charge is 0.492 e. The summed E-state index contributed by atoms with van der Waals surface area (Å²) in [6.45, 7) is 4.06. The van der Waals surface area contributed by atoms with Crippen LogP contribution in [0.3, 0.4) is 0 Å². The summed E-state index contributed by atoms with van der Waals surface area (Å²) < 4.78 is 5.20. The lowest BCUT2D eigenvalue weighted by Crippen LogP contribution is -2.34. The van der Waals surface area contributed by atoms with Gasteiger partial charge in [-0.25, -0.2) is 0 Å². The number of hydrogen-bond acceptors (Lipinski definition) is 4. The molecule has 0 fully saturated rings. The van der Waals surface area contributed by atoms with Crippen LogP contribution in [0.1, 0.15) is 12.5 Å². The highest BCUT2D eigenvalue weighted by molar-refractivity contribution is 6.60. The van der Waals surface area contributed by atoms with Gasteiger partial charge in [0.15, 0.2) is 0 Å². The molecular weight excluding hydrogens is 169 g/mol. The van der Waals surface area contributed by atoms with Crippen molar-refractivity contribution in [2.45, 2.75) is 13.8 Å². The number of pyridine rings is 1. The lowest BCUT2D eigenvalue weighted by Gasteiger charge is -2.10. The number of aryl methyl sites for hydroxylation is 1. The average Bonchev–Trinajstić information content (AvgIpc) is 2.04. The highest BCUT2D eigenvalue weighted by atomic mass is 16.5. The Labute approximate surface area is 77.3 Å². The molecule has 0 spiro atoms. The normalized spacial score (nSPS) is 9.85. The Kier molecular flexibility index (Phi) is 3.28. The Balaban J connectivity index is 3.10. The van der Waals surface area contributed by atoms with Gasteiger partial charge < -0.3 is 14.8 Å². The van der Waals surface area contributed by atoms with Crippen LogP contribution in [0.2, 0.25) is 0 Å². The molecule has 0 bridgehead atoms. The highest BCUT2D eigenvalue weighted by Gasteiger charge is 2.19. The summed E-state index contributed by atoms with van der Waals surface area (Å²) in [5.41, 5.74) is 1.10. The fourth-order valence-electron chi connectivity index (χ4n) is 1.15. The second kappa shape index (κ2) is 4.25. The van der Waals surface area contributed by atoms with E-state index in [1.807, 2.05) is 6.92 Å². The molecule has 0 unspecified atom stereocenters. The molecule has 0 saturated carbocycles. The molecule has 0 amide bonds. The number of rotatable bonds is 3. The Morgan fingerprint density at radius 2 is 2.15 bits per heavy atom. The second-order valence-corrected chi connectivity index (χ2v) is 2.67. The van der Waals surface area contributed by atoms with Crippen LogP contribution in [-0.4, -0.2) is 28.8 Å². The lowest BCUT2D eigenvalue weighted by atomic mass is 9.77. The van der Waals surface area contributed by atoms with E-state index in [9.17, 15) is 0 Å². The topological polar surface area (TPSA) is 62.6 Å². The van der Waals surface area contributed by atoms with E-state index in [-0.39, 0.29) is 0 Å². The number of nitrogens with zero attached hydrogens (tertiary/aromatic N) is 1. The first-order valence-electron chi connectivity index (χ1n) is 4.10. The van der Waals surface area contributed by atoms with Crippen molar-refractivity contribution in [2.24, 2.45) is 0 Å². The van der Waals surface area contributed by atoms with Crippen LogP contribution in [-0.2, 0) is 0 Å². The number of aromatic nitrogens is 1. The molecule has 5 heteroatoms. The summed E-state index contributed by atoms with van der Waals surface area (Å²) in [4.78, 5) is 3.90. The zero-order valence-electron chi connectivity index (χ0n) is 7.69. The first-order chi connectivity index (χ1) is 6.16. The highest BCUT2D eigenvalue weighted by Crippen LogP contribution is 2.08. The number of hydrogen-bond donors (Lipinski definition) is 2. The summed E-state index contributed by atoms with van der Waals surface area (Å²) >= 11 is 0. The molecule has 2 N–H and O–H groups in total. The van der Waals surface area contributed by atoms with Crippen LogP contribution < -0.4 is 10.2 Å². The van der Waals surface area contributed by atoms with Crippen molar-refractivity contribution >= 4 is 12.6 Å². The van der Waals surface area contributed by atoms with Gasteiger partial charge in [-0.3, -0.25) is 4.98 Å². The van der Waals surface area contributed by atoms with Gasteiger partial charge in [0, 0.05) is 11.7 Å². The Hall–Kier alpha value is -1.07. The molecule has 4 nitrogen and oxygen atoms in total. The van der Waals surface area contributed by atoms with Crippen molar-refractivity contribution in [3.63, 3.8) is 0 Å². The quantitative estimate of drug-likeness (QED) is 0.615.